The lowest BCUT2D eigenvalue weighted by molar-refractivity contribution is -0.140. The first-order valence-electron chi connectivity index (χ1n) is 2.42. The van der Waals surface area contributed by atoms with E-state index in [1.165, 1.54) is 6.26 Å². The van der Waals surface area contributed by atoms with E-state index >= 15 is 0 Å². The molecule has 1 rings (SSSR count). The SMILES string of the molecule is C[C@H]1NC=COC1=O. The normalized spacial score (nSPS) is 26.6. The predicted molar refractivity (Wildman–Crippen MR) is 27.8 cm³/mol. The average molecular weight is 113 g/mol. The van der Waals surface area contributed by atoms with Gasteiger partial charge in [-0.1, -0.05) is 0 Å². The summed E-state index contributed by atoms with van der Waals surface area (Å²) in [6, 6.07) is -0.194. The smallest absolute Gasteiger partial charge is 0.333 e. The van der Waals surface area contributed by atoms with Gasteiger partial charge < -0.3 is 10.1 Å². The standard InChI is InChI=1S/C5H7NO2/c1-4-5(7)8-3-2-6-4/h2-4,6H,1H3/t4-/m1/s1. The lowest BCUT2D eigenvalue weighted by Crippen LogP contribution is -2.33. The quantitative estimate of drug-likeness (QED) is 0.449. The molecule has 0 amide bonds. The van der Waals surface area contributed by atoms with Gasteiger partial charge in [-0.2, -0.15) is 0 Å². The summed E-state index contributed by atoms with van der Waals surface area (Å²) in [4.78, 5) is 10.5. The molecule has 8 heavy (non-hydrogen) atoms. The molecule has 1 aliphatic rings. The third kappa shape index (κ3) is 0.804. The Labute approximate surface area is 47.3 Å². The summed E-state index contributed by atoms with van der Waals surface area (Å²) >= 11 is 0. The molecule has 1 aliphatic heterocycles. The summed E-state index contributed by atoms with van der Waals surface area (Å²) in [5, 5.41) is 2.78. The van der Waals surface area contributed by atoms with Crippen LogP contribution in [0.15, 0.2) is 12.5 Å². The first-order chi connectivity index (χ1) is 3.80. The first kappa shape index (κ1) is 5.15. The topological polar surface area (TPSA) is 38.3 Å². The molecule has 0 saturated carbocycles. The van der Waals surface area contributed by atoms with Crippen molar-refractivity contribution >= 4 is 5.97 Å². The third-order valence-corrected chi connectivity index (χ3v) is 0.952. The summed E-state index contributed by atoms with van der Waals surface area (Å²) < 4.78 is 4.51. The number of carbonyl (C=O) groups is 1. The molecule has 0 spiro atoms. The number of carbonyl (C=O) groups excluding carboxylic acids is 1. The maximum absolute atomic E-state index is 10.5. The maximum atomic E-state index is 10.5. The molecule has 0 radical (unpaired) electrons. The van der Waals surface area contributed by atoms with Gasteiger partial charge in [-0.05, 0) is 6.92 Å². The summed E-state index contributed by atoms with van der Waals surface area (Å²) in [5.41, 5.74) is 0. The number of rotatable bonds is 0. The molecule has 3 nitrogen and oxygen atoms in total. The van der Waals surface area contributed by atoms with Gasteiger partial charge in [-0.3, -0.25) is 0 Å². The zero-order chi connectivity index (χ0) is 5.98. The molecular weight excluding hydrogens is 106 g/mol. The van der Waals surface area contributed by atoms with Gasteiger partial charge in [0.1, 0.15) is 12.3 Å². The number of hydrogen-bond acceptors (Lipinski definition) is 3. The van der Waals surface area contributed by atoms with Gasteiger partial charge in [0.05, 0.1) is 0 Å². The van der Waals surface area contributed by atoms with Crippen molar-refractivity contribution in [1.29, 1.82) is 0 Å². The summed E-state index contributed by atoms with van der Waals surface area (Å²) in [6.07, 6.45) is 2.94. The molecule has 0 bridgehead atoms. The lowest BCUT2D eigenvalue weighted by Gasteiger charge is -2.12. The Morgan fingerprint density at radius 1 is 1.88 bits per heavy atom. The minimum absolute atomic E-state index is 0.194. The molecule has 0 aromatic carbocycles. The van der Waals surface area contributed by atoms with Gasteiger partial charge in [-0.25, -0.2) is 4.79 Å². The van der Waals surface area contributed by atoms with Crippen LogP contribution in [0.3, 0.4) is 0 Å². The fourth-order valence-electron chi connectivity index (χ4n) is 0.455. The minimum Gasteiger partial charge on any atom is -0.431 e. The maximum Gasteiger partial charge on any atom is 0.333 e. The highest BCUT2D eigenvalue weighted by molar-refractivity contribution is 5.76. The molecule has 1 atom stereocenters. The molecule has 0 aromatic rings. The molecule has 0 aromatic heterocycles. The Hall–Kier alpha value is -0.990. The molecule has 0 saturated heterocycles. The second-order valence-electron chi connectivity index (χ2n) is 1.63. The average Bonchev–Trinajstić information content (AvgIpc) is 1.77. The summed E-state index contributed by atoms with van der Waals surface area (Å²) in [7, 11) is 0. The van der Waals surface area contributed by atoms with Crippen LogP contribution in [0.25, 0.3) is 0 Å². The van der Waals surface area contributed by atoms with Crippen LogP contribution < -0.4 is 5.32 Å². The molecule has 0 aliphatic carbocycles. The number of esters is 1. The van der Waals surface area contributed by atoms with Crippen LogP contribution in [0.1, 0.15) is 6.92 Å². The Morgan fingerprint density at radius 2 is 2.62 bits per heavy atom. The molecule has 44 valence electrons. The monoisotopic (exact) mass is 113 g/mol. The van der Waals surface area contributed by atoms with Crippen LogP contribution in [0.2, 0.25) is 0 Å². The fourth-order valence-corrected chi connectivity index (χ4v) is 0.455. The van der Waals surface area contributed by atoms with Crippen LogP contribution in [-0.2, 0) is 9.53 Å². The molecule has 3 heteroatoms. The number of ether oxygens (including phenoxy) is 1. The van der Waals surface area contributed by atoms with E-state index in [-0.39, 0.29) is 12.0 Å². The van der Waals surface area contributed by atoms with E-state index in [2.05, 4.69) is 10.1 Å². The molecule has 0 fully saturated rings. The molecular formula is C5H7NO2. The van der Waals surface area contributed by atoms with Crippen LogP contribution >= 0.6 is 0 Å². The fraction of sp³-hybridized carbons (Fsp3) is 0.400. The van der Waals surface area contributed by atoms with Crippen molar-refractivity contribution in [2.45, 2.75) is 13.0 Å². The highest BCUT2D eigenvalue weighted by Gasteiger charge is 2.13. The van der Waals surface area contributed by atoms with Crippen molar-refractivity contribution in [1.82, 2.24) is 5.32 Å². The lowest BCUT2D eigenvalue weighted by atomic mass is 10.3. The minimum atomic E-state index is -0.229. The first-order valence-corrected chi connectivity index (χ1v) is 2.42. The third-order valence-electron chi connectivity index (χ3n) is 0.952. The van der Waals surface area contributed by atoms with Gasteiger partial charge in [0, 0.05) is 6.20 Å². The van der Waals surface area contributed by atoms with E-state index in [1.807, 2.05) is 0 Å². The van der Waals surface area contributed by atoms with E-state index in [4.69, 9.17) is 0 Å². The Kier molecular flexibility index (Phi) is 1.20. The van der Waals surface area contributed by atoms with Crippen LogP contribution in [0.4, 0.5) is 0 Å². The van der Waals surface area contributed by atoms with E-state index in [9.17, 15) is 4.79 Å². The van der Waals surface area contributed by atoms with Crippen LogP contribution in [0.5, 0.6) is 0 Å². The number of hydrogen-bond donors (Lipinski definition) is 1. The van der Waals surface area contributed by atoms with Crippen molar-refractivity contribution in [3.05, 3.63) is 12.5 Å². The van der Waals surface area contributed by atoms with E-state index in [0.29, 0.717) is 0 Å². The summed E-state index contributed by atoms with van der Waals surface area (Å²) in [6.45, 7) is 1.74. The predicted octanol–water partition coefficient (Wildman–Crippen LogP) is -0.00750. The molecule has 1 N–H and O–H groups in total. The Balaban J connectivity index is 2.57. The van der Waals surface area contributed by atoms with E-state index in [1.54, 1.807) is 13.1 Å². The van der Waals surface area contributed by atoms with Gasteiger partial charge in [-0.15, -0.1) is 0 Å². The second kappa shape index (κ2) is 1.86. The zero-order valence-corrected chi connectivity index (χ0v) is 4.55. The molecule has 1 heterocycles. The van der Waals surface area contributed by atoms with E-state index < -0.39 is 0 Å². The zero-order valence-electron chi connectivity index (χ0n) is 4.55. The highest BCUT2D eigenvalue weighted by Crippen LogP contribution is 1.93. The van der Waals surface area contributed by atoms with Crippen molar-refractivity contribution < 1.29 is 9.53 Å². The second-order valence-corrected chi connectivity index (χ2v) is 1.63. The van der Waals surface area contributed by atoms with Gasteiger partial charge in [0.15, 0.2) is 0 Å². The van der Waals surface area contributed by atoms with Gasteiger partial charge >= 0.3 is 5.97 Å². The number of nitrogens with one attached hydrogen (secondary N) is 1. The summed E-state index contributed by atoms with van der Waals surface area (Å²) in [5.74, 6) is -0.229. The van der Waals surface area contributed by atoms with Gasteiger partial charge in [0.2, 0.25) is 0 Å². The Bertz CT molecular complexity index is 130. The van der Waals surface area contributed by atoms with E-state index in [0.717, 1.165) is 0 Å². The highest BCUT2D eigenvalue weighted by atomic mass is 16.5. The Morgan fingerprint density at radius 3 is 3.00 bits per heavy atom. The van der Waals surface area contributed by atoms with Crippen LogP contribution in [-0.4, -0.2) is 12.0 Å². The van der Waals surface area contributed by atoms with Gasteiger partial charge in [0.25, 0.3) is 0 Å². The van der Waals surface area contributed by atoms with Crippen molar-refractivity contribution in [2.75, 3.05) is 0 Å². The number of cyclic esters (lactones) is 1. The van der Waals surface area contributed by atoms with Crippen LogP contribution in [0, 0.1) is 0 Å². The van der Waals surface area contributed by atoms with Crippen molar-refractivity contribution in [3.63, 3.8) is 0 Å². The van der Waals surface area contributed by atoms with Crippen molar-refractivity contribution in [3.8, 4) is 0 Å². The largest absolute Gasteiger partial charge is 0.431 e. The van der Waals surface area contributed by atoms with Crippen molar-refractivity contribution in [2.24, 2.45) is 0 Å². The molecule has 0 unspecified atom stereocenters.